The molecule has 0 spiro atoms. The van der Waals surface area contributed by atoms with Gasteiger partial charge in [0.05, 0.1) is 18.2 Å². The second kappa shape index (κ2) is 7.88. The molecule has 1 aromatic heterocycles. The summed E-state index contributed by atoms with van der Waals surface area (Å²) < 4.78 is 12.5. The molecule has 0 aliphatic carbocycles. The van der Waals surface area contributed by atoms with Crippen molar-refractivity contribution in [1.82, 2.24) is 14.9 Å². The van der Waals surface area contributed by atoms with Crippen LogP contribution in [-0.2, 0) is 6.61 Å². The molecule has 9 heteroatoms. The van der Waals surface area contributed by atoms with E-state index in [0.717, 1.165) is 11.1 Å². The van der Waals surface area contributed by atoms with Crippen LogP contribution < -0.4 is 9.47 Å². The molecular formula is C17H15N5O4. The van der Waals surface area contributed by atoms with Gasteiger partial charge in [0.2, 0.25) is 0 Å². The molecule has 0 N–H and O–H groups in total. The summed E-state index contributed by atoms with van der Waals surface area (Å²) in [5, 5.41) is 22.2. The minimum Gasteiger partial charge on any atom is -0.496 e. The van der Waals surface area contributed by atoms with Gasteiger partial charge in [-0.2, -0.15) is 5.10 Å². The maximum Gasteiger partial charge on any atom is 0.269 e. The molecule has 0 atom stereocenters. The molecule has 0 saturated carbocycles. The minimum atomic E-state index is -0.453. The summed E-state index contributed by atoms with van der Waals surface area (Å²) in [6.45, 7) is 0.245. The van der Waals surface area contributed by atoms with E-state index in [1.807, 2.05) is 18.2 Å². The van der Waals surface area contributed by atoms with Crippen molar-refractivity contribution in [2.24, 2.45) is 5.10 Å². The molecule has 0 radical (unpaired) electrons. The van der Waals surface area contributed by atoms with Crippen molar-refractivity contribution in [2.75, 3.05) is 7.11 Å². The number of ether oxygens (including phenoxy) is 2. The number of hydrogen-bond acceptors (Lipinski definition) is 7. The lowest BCUT2D eigenvalue weighted by Gasteiger charge is -2.11. The fraction of sp³-hybridized carbons (Fsp3) is 0.118. The fourth-order valence-electron chi connectivity index (χ4n) is 2.20. The molecular weight excluding hydrogens is 338 g/mol. The van der Waals surface area contributed by atoms with E-state index in [1.54, 1.807) is 25.5 Å². The second-order valence-electron chi connectivity index (χ2n) is 5.20. The Bertz CT molecular complexity index is 907. The third-order valence-electron chi connectivity index (χ3n) is 3.49. The SMILES string of the molecule is COc1ccc(/C=N\n2cnnc2)cc1COc1ccc([N+](=O)[O-])cc1. The van der Waals surface area contributed by atoms with E-state index in [-0.39, 0.29) is 12.3 Å². The van der Waals surface area contributed by atoms with Crippen LogP contribution in [-0.4, -0.2) is 33.1 Å². The number of hydrogen-bond donors (Lipinski definition) is 0. The van der Waals surface area contributed by atoms with Crippen molar-refractivity contribution in [1.29, 1.82) is 0 Å². The first-order chi connectivity index (χ1) is 12.7. The number of aromatic nitrogens is 3. The lowest BCUT2D eigenvalue weighted by molar-refractivity contribution is -0.384. The van der Waals surface area contributed by atoms with E-state index < -0.39 is 4.92 Å². The molecule has 0 saturated heterocycles. The summed E-state index contributed by atoms with van der Waals surface area (Å²) in [7, 11) is 1.58. The van der Waals surface area contributed by atoms with Crippen LogP contribution in [0.25, 0.3) is 0 Å². The standard InChI is InChI=1S/C17H15N5O4/c1-25-17-7-2-13(9-20-21-11-18-19-12-21)8-14(17)10-26-16-5-3-15(4-6-16)22(23)24/h2-9,11-12H,10H2,1H3/b20-9-. The Kier molecular flexibility index (Phi) is 5.18. The van der Waals surface area contributed by atoms with Gasteiger partial charge in [0.1, 0.15) is 30.8 Å². The zero-order valence-electron chi connectivity index (χ0n) is 13.8. The fourth-order valence-corrected chi connectivity index (χ4v) is 2.20. The molecule has 1 heterocycles. The van der Waals surface area contributed by atoms with Gasteiger partial charge in [-0.05, 0) is 35.9 Å². The van der Waals surface area contributed by atoms with E-state index in [0.29, 0.717) is 11.5 Å². The number of rotatable bonds is 7. The Morgan fingerprint density at radius 2 is 1.92 bits per heavy atom. The number of methoxy groups -OCH3 is 1. The highest BCUT2D eigenvalue weighted by molar-refractivity contribution is 5.80. The summed E-state index contributed by atoms with van der Waals surface area (Å²) in [5.74, 6) is 1.20. The Morgan fingerprint density at radius 3 is 2.58 bits per heavy atom. The Hall–Kier alpha value is -3.75. The van der Waals surface area contributed by atoms with E-state index in [1.165, 1.54) is 29.5 Å². The summed E-state index contributed by atoms with van der Waals surface area (Å²) in [6, 6.07) is 11.5. The number of nitro groups is 1. The third kappa shape index (κ3) is 4.20. The van der Waals surface area contributed by atoms with Gasteiger partial charge >= 0.3 is 0 Å². The van der Waals surface area contributed by atoms with Crippen LogP contribution in [0.15, 0.2) is 60.2 Å². The average molecular weight is 353 g/mol. The van der Waals surface area contributed by atoms with Crippen molar-refractivity contribution < 1.29 is 14.4 Å². The average Bonchev–Trinajstić information content (AvgIpc) is 3.18. The van der Waals surface area contributed by atoms with Crippen LogP contribution >= 0.6 is 0 Å². The largest absolute Gasteiger partial charge is 0.496 e. The first-order valence-corrected chi connectivity index (χ1v) is 7.59. The Balaban J connectivity index is 1.73. The molecule has 132 valence electrons. The molecule has 9 nitrogen and oxygen atoms in total. The van der Waals surface area contributed by atoms with Crippen molar-refractivity contribution in [2.45, 2.75) is 6.61 Å². The quantitative estimate of drug-likeness (QED) is 0.367. The van der Waals surface area contributed by atoms with E-state index >= 15 is 0 Å². The molecule has 0 bridgehead atoms. The molecule has 0 aliphatic rings. The van der Waals surface area contributed by atoms with Gasteiger partial charge in [0, 0.05) is 17.7 Å². The number of non-ortho nitro benzene ring substituents is 1. The molecule has 0 amide bonds. The maximum absolute atomic E-state index is 10.7. The van der Waals surface area contributed by atoms with Crippen molar-refractivity contribution in [3.05, 3.63) is 76.4 Å². The topological polar surface area (TPSA) is 105 Å². The van der Waals surface area contributed by atoms with Crippen molar-refractivity contribution >= 4 is 11.9 Å². The molecule has 3 rings (SSSR count). The van der Waals surface area contributed by atoms with Crippen molar-refractivity contribution in [3.8, 4) is 11.5 Å². The monoisotopic (exact) mass is 353 g/mol. The van der Waals surface area contributed by atoms with Crippen molar-refractivity contribution in [3.63, 3.8) is 0 Å². The maximum atomic E-state index is 10.7. The molecule has 0 fully saturated rings. The summed E-state index contributed by atoms with van der Waals surface area (Å²) in [6.07, 6.45) is 4.63. The van der Waals surface area contributed by atoms with Gasteiger partial charge in [-0.1, -0.05) is 0 Å². The van der Waals surface area contributed by atoms with Crippen LogP contribution in [0.2, 0.25) is 0 Å². The summed E-state index contributed by atoms with van der Waals surface area (Å²) >= 11 is 0. The van der Waals surface area contributed by atoms with Gasteiger partial charge < -0.3 is 9.47 Å². The predicted octanol–water partition coefficient (Wildman–Crippen LogP) is 2.66. The van der Waals surface area contributed by atoms with Crippen LogP contribution in [0, 0.1) is 10.1 Å². The highest BCUT2D eigenvalue weighted by Gasteiger charge is 2.07. The molecule has 0 aliphatic heterocycles. The number of nitro benzene ring substituents is 1. The smallest absolute Gasteiger partial charge is 0.269 e. The zero-order chi connectivity index (χ0) is 18.4. The van der Waals surface area contributed by atoms with Crippen LogP contribution in [0.5, 0.6) is 11.5 Å². The van der Waals surface area contributed by atoms with Crippen LogP contribution in [0.4, 0.5) is 5.69 Å². The van der Waals surface area contributed by atoms with Crippen LogP contribution in [0.3, 0.4) is 0 Å². The predicted molar refractivity (Wildman–Crippen MR) is 93.4 cm³/mol. The van der Waals surface area contributed by atoms with E-state index in [9.17, 15) is 10.1 Å². The number of benzene rings is 2. The summed E-state index contributed by atoms with van der Waals surface area (Å²) in [4.78, 5) is 10.2. The van der Waals surface area contributed by atoms with Crippen LogP contribution in [0.1, 0.15) is 11.1 Å². The van der Waals surface area contributed by atoms with Gasteiger partial charge in [0.25, 0.3) is 5.69 Å². The first kappa shape index (κ1) is 17.1. The lowest BCUT2D eigenvalue weighted by atomic mass is 10.1. The normalized spacial score (nSPS) is 10.8. The highest BCUT2D eigenvalue weighted by Crippen LogP contribution is 2.23. The minimum absolute atomic E-state index is 0.0159. The number of nitrogens with zero attached hydrogens (tertiary/aromatic N) is 5. The van der Waals surface area contributed by atoms with E-state index in [2.05, 4.69) is 15.3 Å². The van der Waals surface area contributed by atoms with E-state index in [4.69, 9.17) is 9.47 Å². The van der Waals surface area contributed by atoms with Gasteiger partial charge in [-0.3, -0.25) is 10.1 Å². The summed E-state index contributed by atoms with van der Waals surface area (Å²) in [5.41, 5.74) is 1.68. The molecule has 26 heavy (non-hydrogen) atoms. The highest BCUT2D eigenvalue weighted by atomic mass is 16.6. The third-order valence-corrected chi connectivity index (χ3v) is 3.49. The molecule has 2 aromatic carbocycles. The van der Waals surface area contributed by atoms with Gasteiger partial charge in [-0.15, -0.1) is 10.2 Å². The molecule has 0 unspecified atom stereocenters. The Labute approximate surface area is 148 Å². The first-order valence-electron chi connectivity index (χ1n) is 7.59. The zero-order valence-corrected chi connectivity index (χ0v) is 13.8. The second-order valence-corrected chi connectivity index (χ2v) is 5.20. The van der Waals surface area contributed by atoms with Gasteiger partial charge in [0.15, 0.2) is 0 Å². The molecule has 3 aromatic rings. The van der Waals surface area contributed by atoms with Gasteiger partial charge in [-0.25, -0.2) is 4.68 Å². The lowest BCUT2D eigenvalue weighted by Crippen LogP contribution is -2.00. The Morgan fingerprint density at radius 1 is 1.19 bits per heavy atom.